The minimum absolute atomic E-state index is 0.0165. The Labute approximate surface area is 123 Å². The molecular formula is C14H21N3O4. The predicted octanol–water partition coefficient (Wildman–Crippen LogP) is 1.51. The number of methoxy groups -OCH3 is 1. The van der Waals surface area contributed by atoms with E-state index in [0.717, 1.165) is 19.5 Å². The first-order valence-corrected chi connectivity index (χ1v) is 6.75. The maximum atomic E-state index is 11.7. The quantitative estimate of drug-likeness (QED) is 0.545. The number of ether oxygens (including phenoxy) is 1. The van der Waals surface area contributed by atoms with Crippen LogP contribution in [0, 0.1) is 0 Å². The summed E-state index contributed by atoms with van der Waals surface area (Å²) in [7, 11) is 1.45. The summed E-state index contributed by atoms with van der Waals surface area (Å²) in [5, 5.41) is 17.5. The van der Waals surface area contributed by atoms with Gasteiger partial charge in [0.25, 0.3) is 0 Å². The summed E-state index contributed by atoms with van der Waals surface area (Å²) < 4.78 is 4.97. The van der Waals surface area contributed by atoms with Crippen LogP contribution in [0.4, 0.5) is 10.5 Å². The molecule has 7 nitrogen and oxygen atoms in total. The molecule has 7 heteroatoms. The van der Waals surface area contributed by atoms with Gasteiger partial charge in [-0.1, -0.05) is 6.92 Å². The number of hydrogen-bond donors (Lipinski definition) is 4. The number of nitrogens with one attached hydrogen (secondary N) is 3. The van der Waals surface area contributed by atoms with Gasteiger partial charge in [0.2, 0.25) is 0 Å². The molecule has 1 aromatic carbocycles. The van der Waals surface area contributed by atoms with Gasteiger partial charge < -0.3 is 25.8 Å². The molecule has 0 heterocycles. The second-order valence-corrected chi connectivity index (χ2v) is 4.30. The molecular weight excluding hydrogens is 274 g/mol. The van der Waals surface area contributed by atoms with E-state index in [2.05, 4.69) is 16.0 Å². The summed E-state index contributed by atoms with van der Waals surface area (Å²) in [6.07, 6.45) is 0.801. The molecule has 0 aliphatic rings. The zero-order valence-corrected chi connectivity index (χ0v) is 12.2. The first-order chi connectivity index (χ1) is 10.1. The van der Waals surface area contributed by atoms with Gasteiger partial charge in [0.05, 0.1) is 18.4 Å². The number of amides is 2. The van der Waals surface area contributed by atoms with Crippen molar-refractivity contribution >= 4 is 17.7 Å². The highest BCUT2D eigenvalue weighted by molar-refractivity contribution is 6.00. The molecule has 1 aromatic rings. The van der Waals surface area contributed by atoms with Crippen molar-refractivity contribution in [2.75, 3.05) is 32.1 Å². The van der Waals surface area contributed by atoms with Gasteiger partial charge in [-0.3, -0.25) is 0 Å². The fourth-order valence-electron chi connectivity index (χ4n) is 1.69. The van der Waals surface area contributed by atoms with Crippen molar-refractivity contribution < 1.29 is 19.4 Å². The number of aromatic carboxylic acids is 1. The average Bonchev–Trinajstić information content (AvgIpc) is 2.47. The van der Waals surface area contributed by atoms with Crippen LogP contribution in [0.15, 0.2) is 18.2 Å². The fourth-order valence-corrected chi connectivity index (χ4v) is 1.69. The minimum Gasteiger partial charge on any atom is -0.497 e. The Morgan fingerprint density at radius 3 is 2.67 bits per heavy atom. The Bertz CT molecular complexity index is 491. The molecule has 0 atom stereocenters. The largest absolute Gasteiger partial charge is 0.497 e. The van der Waals surface area contributed by atoms with E-state index in [0.29, 0.717) is 12.3 Å². The summed E-state index contributed by atoms with van der Waals surface area (Å²) in [6, 6.07) is 4.02. The molecule has 4 N–H and O–H groups in total. The zero-order chi connectivity index (χ0) is 15.7. The molecule has 116 valence electrons. The molecule has 1 rings (SSSR count). The number of carbonyl (C=O) groups is 2. The van der Waals surface area contributed by atoms with Crippen LogP contribution in [0.1, 0.15) is 23.7 Å². The van der Waals surface area contributed by atoms with E-state index in [-0.39, 0.29) is 11.3 Å². The van der Waals surface area contributed by atoms with Gasteiger partial charge in [-0.15, -0.1) is 0 Å². The maximum absolute atomic E-state index is 11.7. The van der Waals surface area contributed by atoms with Crippen LogP contribution in [0.3, 0.4) is 0 Å². The van der Waals surface area contributed by atoms with Crippen molar-refractivity contribution in [1.29, 1.82) is 0 Å². The lowest BCUT2D eigenvalue weighted by Gasteiger charge is -2.11. The second kappa shape index (κ2) is 8.80. The van der Waals surface area contributed by atoms with Crippen molar-refractivity contribution in [3.05, 3.63) is 23.8 Å². The molecule has 0 radical (unpaired) electrons. The van der Waals surface area contributed by atoms with Gasteiger partial charge >= 0.3 is 12.0 Å². The third-order valence-electron chi connectivity index (χ3n) is 2.77. The third-order valence-corrected chi connectivity index (χ3v) is 2.77. The molecule has 0 saturated heterocycles. The number of carboxylic acids is 1. The number of anilines is 1. The van der Waals surface area contributed by atoms with E-state index in [4.69, 9.17) is 9.84 Å². The standard InChI is InChI=1S/C14H21N3O4/c1-3-15-7-4-8-16-14(20)17-12-6-5-10(21-2)9-11(12)13(18)19/h5-6,9,15H,3-4,7-8H2,1-2H3,(H,18,19)(H2,16,17,20). The predicted molar refractivity (Wildman–Crippen MR) is 80.1 cm³/mol. The summed E-state index contributed by atoms with van der Waals surface area (Å²) in [5.74, 6) is -0.708. The summed E-state index contributed by atoms with van der Waals surface area (Å²) >= 11 is 0. The molecule has 0 fully saturated rings. The van der Waals surface area contributed by atoms with Gasteiger partial charge in [0.1, 0.15) is 5.75 Å². The minimum atomic E-state index is -1.13. The Morgan fingerprint density at radius 1 is 1.29 bits per heavy atom. The molecule has 2 amide bonds. The molecule has 0 aromatic heterocycles. The zero-order valence-electron chi connectivity index (χ0n) is 12.2. The number of benzene rings is 1. The monoisotopic (exact) mass is 295 g/mol. The number of carbonyl (C=O) groups excluding carboxylic acids is 1. The van der Waals surface area contributed by atoms with Crippen molar-refractivity contribution in [3.8, 4) is 5.75 Å². The second-order valence-electron chi connectivity index (χ2n) is 4.30. The van der Waals surface area contributed by atoms with Crippen LogP contribution in [-0.2, 0) is 0 Å². The first-order valence-electron chi connectivity index (χ1n) is 6.75. The van der Waals surface area contributed by atoms with Gasteiger partial charge in [-0.05, 0) is 37.7 Å². The number of rotatable bonds is 8. The highest BCUT2D eigenvalue weighted by Crippen LogP contribution is 2.22. The van der Waals surface area contributed by atoms with Gasteiger partial charge in [-0.25, -0.2) is 9.59 Å². The topological polar surface area (TPSA) is 99.7 Å². The maximum Gasteiger partial charge on any atom is 0.337 e. The third kappa shape index (κ3) is 5.70. The first kappa shape index (κ1) is 16.8. The molecule has 0 aliphatic heterocycles. The van der Waals surface area contributed by atoms with Crippen LogP contribution in [0.2, 0.25) is 0 Å². The van der Waals surface area contributed by atoms with E-state index in [1.54, 1.807) is 6.07 Å². The molecule has 0 aliphatic carbocycles. The molecule has 0 unspecified atom stereocenters. The van der Waals surface area contributed by atoms with Crippen LogP contribution < -0.4 is 20.7 Å². The number of carboxylic acid groups (broad SMARTS) is 1. The SMILES string of the molecule is CCNCCCNC(=O)Nc1ccc(OC)cc1C(=O)O. The summed E-state index contributed by atoms with van der Waals surface area (Å²) in [6.45, 7) is 4.23. The van der Waals surface area contributed by atoms with Gasteiger partial charge in [-0.2, -0.15) is 0 Å². The number of hydrogen-bond acceptors (Lipinski definition) is 4. The van der Waals surface area contributed by atoms with Gasteiger partial charge in [0.15, 0.2) is 0 Å². The highest BCUT2D eigenvalue weighted by atomic mass is 16.5. The van der Waals surface area contributed by atoms with E-state index in [9.17, 15) is 9.59 Å². The van der Waals surface area contributed by atoms with Crippen LogP contribution in [0.25, 0.3) is 0 Å². The fraction of sp³-hybridized carbons (Fsp3) is 0.429. The van der Waals surface area contributed by atoms with Crippen molar-refractivity contribution in [2.45, 2.75) is 13.3 Å². The van der Waals surface area contributed by atoms with E-state index < -0.39 is 12.0 Å². The lowest BCUT2D eigenvalue weighted by molar-refractivity contribution is 0.0697. The van der Waals surface area contributed by atoms with Gasteiger partial charge in [0, 0.05) is 6.54 Å². The molecule has 0 bridgehead atoms. The van der Waals surface area contributed by atoms with Crippen molar-refractivity contribution in [3.63, 3.8) is 0 Å². The Balaban J connectivity index is 2.57. The summed E-state index contributed by atoms with van der Waals surface area (Å²) in [5.41, 5.74) is 0.213. The lowest BCUT2D eigenvalue weighted by atomic mass is 10.1. The van der Waals surface area contributed by atoms with Crippen LogP contribution in [0.5, 0.6) is 5.75 Å². The van der Waals surface area contributed by atoms with Crippen LogP contribution in [-0.4, -0.2) is 43.9 Å². The summed E-state index contributed by atoms with van der Waals surface area (Å²) in [4.78, 5) is 22.9. The smallest absolute Gasteiger partial charge is 0.337 e. The Hall–Kier alpha value is -2.28. The number of urea groups is 1. The molecule has 0 spiro atoms. The van der Waals surface area contributed by atoms with Crippen molar-refractivity contribution in [1.82, 2.24) is 10.6 Å². The lowest BCUT2D eigenvalue weighted by Crippen LogP contribution is -2.31. The van der Waals surface area contributed by atoms with E-state index in [1.807, 2.05) is 6.92 Å². The normalized spacial score (nSPS) is 10.0. The average molecular weight is 295 g/mol. The van der Waals surface area contributed by atoms with E-state index in [1.165, 1.54) is 19.2 Å². The van der Waals surface area contributed by atoms with E-state index >= 15 is 0 Å². The molecule has 21 heavy (non-hydrogen) atoms. The highest BCUT2D eigenvalue weighted by Gasteiger charge is 2.13. The Morgan fingerprint density at radius 2 is 2.05 bits per heavy atom. The van der Waals surface area contributed by atoms with Crippen molar-refractivity contribution in [2.24, 2.45) is 0 Å². The van der Waals surface area contributed by atoms with Crippen LogP contribution >= 0.6 is 0 Å². The molecule has 0 saturated carbocycles. The Kier molecular flexibility index (Phi) is 7.03.